The third-order valence-corrected chi connectivity index (χ3v) is 4.55. The Labute approximate surface area is 151 Å². The minimum absolute atomic E-state index is 0.207. The first kappa shape index (κ1) is 19.5. The van der Waals surface area contributed by atoms with Crippen molar-refractivity contribution in [3.05, 3.63) is 29.8 Å². The van der Waals surface area contributed by atoms with E-state index in [9.17, 15) is 0 Å². The molecule has 0 bridgehead atoms. The van der Waals surface area contributed by atoms with Gasteiger partial charge in [-0.05, 0) is 50.6 Å². The summed E-state index contributed by atoms with van der Waals surface area (Å²) in [6.07, 6.45) is 2.52. The first-order valence-corrected chi connectivity index (χ1v) is 9.02. The van der Waals surface area contributed by atoms with Crippen molar-refractivity contribution in [3.8, 4) is 5.75 Å². The van der Waals surface area contributed by atoms with E-state index in [0.29, 0.717) is 12.6 Å². The number of guanidine groups is 1. The van der Waals surface area contributed by atoms with E-state index < -0.39 is 0 Å². The molecule has 0 amide bonds. The number of aliphatic imine (C=N–C) groups is 1. The fraction of sp³-hybridized carbons (Fsp3) is 0.632. The summed E-state index contributed by atoms with van der Waals surface area (Å²) in [5.74, 6) is 1.70. The third-order valence-electron chi connectivity index (χ3n) is 4.55. The molecule has 1 saturated heterocycles. The summed E-state index contributed by atoms with van der Waals surface area (Å²) < 4.78 is 10.6. The van der Waals surface area contributed by atoms with Gasteiger partial charge in [0.25, 0.3) is 0 Å². The quantitative estimate of drug-likeness (QED) is 0.556. The average molecular weight is 348 g/mol. The number of likely N-dealkylation sites (tertiary alicyclic amines) is 1. The van der Waals surface area contributed by atoms with E-state index in [-0.39, 0.29) is 6.04 Å². The van der Waals surface area contributed by atoms with Crippen LogP contribution in [-0.4, -0.2) is 64.4 Å². The van der Waals surface area contributed by atoms with Crippen LogP contribution in [0, 0.1) is 0 Å². The monoisotopic (exact) mass is 348 g/mol. The Kier molecular flexibility index (Phi) is 8.01. The largest absolute Gasteiger partial charge is 0.497 e. The topological polar surface area (TPSA) is 58.1 Å². The zero-order valence-corrected chi connectivity index (χ0v) is 15.9. The SMILES string of the molecule is CN=C(NCC(c1cccc(OC)c1)N1CCCC1)NC(C)COC. The summed E-state index contributed by atoms with van der Waals surface area (Å²) in [7, 11) is 5.22. The molecule has 140 valence electrons. The average Bonchev–Trinajstić information content (AvgIpc) is 3.15. The maximum atomic E-state index is 5.41. The van der Waals surface area contributed by atoms with Crippen LogP contribution < -0.4 is 15.4 Å². The predicted octanol–water partition coefficient (Wildman–Crippen LogP) is 2.03. The summed E-state index contributed by atoms with van der Waals surface area (Å²) >= 11 is 0. The molecule has 2 N–H and O–H groups in total. The van der Waals surface area contributed by atoms with E-state index >= 15 is 0 Å². The Hall–Kier alpha value is -1.79. The molecule has 1 aliphatic heterocycles. The van der Waals surface area contributed by atoms with Crippen molar-refractivity contribution < 1.29 is 9.47 Å². The second-order valence-electron chi connectivity index (χ2n) is 6.49. The molecule has 1 aliphatic rings. The zero-order chi connectivity index (χ0) is 18.1. The van der Waals surface area contributed by atoms with Crippen LogP contribution in [0.5, 0.6) is 5.75 Å². The van der Waals surface area contributed by atoms with Crippen molar-refractivity contribution in [2.45, 2.75) is 31.8 Å². The highest BCUT2D eigenvalue weighted by atomic mass is 16.5. The molecule has 0 spiro atoms. The van der Waals surface area contributed by atoms with Gasteiger partial charge < -0.3 is 20.1 Å². The molecular formula is C19H32N4O2. The van der Waals surface area contributed by atoms with Crippen LogP contribution in [0.3, 0.4) is 0 Å². The number of nitrogens with zero attached hydrogens (tertiary/aromatic N) is 2. The van der Waals surface area contributed by atoms with Crippen molar-refractivity contribution in [3.63, 3.8) is 0 Å². The van der Waals surface area contributed by atoms with Crippen molar-refractivity contribution in [1.82, 2.24) is 15.5 Å². The predicted molar refractivity (Wildman–Crippen MR) is 102 cm³/mol. The van der Waals surface area contributed by atoms with Gasteiger partial charge in [-0.1, -0.05) is 12.1 Å². The first-order chi connectivity index (χ1) is 12.2. The van der Waals surface area contributed by atoms with E-state index in [1.54, 1.807) is 21.3 Å². The fourth-order valence-electron chi connectivity index (χ4n) is 3.27. The Balaban J connectivity index is 2.05. The fourth-order valence-corrected chi connectivity index (χ4v) is 3.27. The standard InChI is InChI=1S/C19H32N4O2/c1-15(14-24-3)22-19(20-2)21-13-18(23-10-5-6-11-23)16-8-7-9-17(12-16)25-4/h7-9,12,15,18H,5-6,10-11,13-14H2,1-4H3,(H2,20,21,22). The van der Waals surface area contributed by atoms with Gasteiger partial charge in [0.2, 0.25) is 0 Å². The molecule has 2 unspecified atom stereocenters. The van der Waals surface area contributed by atoms with E-state index in [1.165, 1.54) is 18.4 Å². The molecule has 6 nitrogen and oxygen atoms in total. The lowest BCUT2D eigenvalue weighted by molar-refractivity contribution is 0.178. The van der Waals surface area contributed by atoms with E-state index in [2.05, 4.69) is 45.6 Å². The van der Waals surface area contributed by atoms with E-state index in [1.807, 2.05) is 6.07 Å². The number of rotatable bonds is 8. The van der Waals surface area contributed by atoms with Crippen LogP contribution in [0.2, 0.25) is 0 Å². The van der Waals surface area contributed by atoms with Gasteiger partial charge in [-0.25, -0.2) is 0 Å². The lowest BCUT2D eigenvalue weighted by Gasteiger charge is -2.29. The molecule has 1 aromatic carbocycles. The number of hydrogen-bond acceptors (Lipinski definition) is 4. The highest BCUT2D eigenvalue weighted by Gasteiger charge is 2.24. The summed E-state index contributed by atoms with van der Waals surface area (Å²) in [5, 5.41) is 6.83. The molecule has 2 atom stereocenters. The molecule has 2 rings (SSSR count). The molecule has 25 heavy (non-hydrogen) atoms. The third kappa shape index (κ3) is 5.90. The van der Waals surface area contributed by atoms with E-state index in [0.717, 1.165) is 31.3 Å². The maximum Gasteiger partial charge on any atom is 0.191 e. The number of methoxy groups -OCH3 is 2. The van der Waals surface area contributed by atoms with Gasteiger partial charge >= 0.3 is 0 Å². The Bertz CT molecular complexity index is 544. The number of hydrogen-bond donors (Lipinski definition) is 2. The Morgan fingerprint density at radius 2 is 2.04 bits per heavy atom. The van der Waals surface area contributed by atoms with Crippen LogP contribution in [-0.2, 0) is 4.74 Å². The van der Waals surface area contributed by atoms with Gasteiger partial charge in [-0.15, -0.1) is 0 Å². The highest BCUT2D eigenvalue weighted by Crippen LogP contribution is 2.27. The summed E-state index contributed by atoms with van der Waals surface area (Å²) in [4.78, 5) is 6.87. The lowest BCUT2D eigenvalue weighted by atomic mass is 10.1. The lowest BCUT2D eigenvalue weighted by Crippen LogP contribution is -2.46. The van der Waals surface area contributed by atoms with Crippen molar-refractivity contribution in [2.75, 3.05) is 47.5 Å². The van der Waals surface area contributed by atoms with Gasteiger partial charge in [0.15, 0.2) is 5.96 Å². The van der Waals surface area contributed by atoms with Crippen LogP contribution >= 0.6 is 0 Å². The van der Waals surface area contributed by atoms with E-state index in [4.69, 9.17) is 9.47 Å². The maximum absolute atomic E-state index is 5.41. The summed E-state index contributed by atoms with van der Waals surface area (Å²) in [6, 6.07) is 8.87. The molecule has 1 heterocycles. The van der Waals surface area contributed by atoms with Gasteiger partial charge in [-0.3, -0.25) is 9.89 Å². The van der Waals surface area contributed by atoms with Gasteiger partial charge in [0.05, 0.1) is 19.8 Å². The van der Waals surface area contributed by atoms with Gasteiger partial charge in [0, 0.05) is 26.7 Å². The molecule has 1 fully saturated rings. The van der Waals surface area contributed by atoms with Crippen molar-refractivity contribution >= 4 is 5.96 Å². The second kappa shape index (κ2) is 10.3. The van der Waals surface area contributed by atoms with Gasteiger partial charge in [-0.2, -0.15) is 0 Å². The van der Waals surface area contributed by atoms with Crippen LogP contribution in [0.25, 0.3) is 0 Å². The molecule has 6 heteroatoms. The Morgan fingerprint density at radius 3 is 2.68 bits per heavy atom. The van der Waals surface area contributed by atoms with Crippen LogP contribution in [0.4, 0.5) is 0 Å². The van der Waals surface area contributed by atoms with Crippen molar-refractivity contribution in [2.24, 2.45) is 4.99 Å². The normalized spacial score (nSPS) is 18.0. The first-order valence-electron chi connectivity index (χ1n) is 9.02. The molecule has 0 saturated carbocycles. The number of ether oxygens (including phenoxy) is 2. The molecule has 0 aromatic heterocycles. The minimum Gasteiger partial charge on any atom is -0.497 e. The summed E-state index contributed by atoms with van der Waals surface area (Å²) in [6.45, 7) is 5.79. The van der Waals surface area contributed by atoms with Crippen LogP contribution in [0.15, 0.2) is 29.3 Å². The molecular weight excluding hydrogens is 316 g/mol. The smallest absolute Gasteiger partial charge is 0.191 e. The van der Waals surface area contributed by atoms with Crippen LogP contribution in [0.1, 0.15) is 31.4 Å². The highest BCUT2D eigenvalue weighted by molar-refractivity contribution is 5.80. The van der Waals surface area contributed by atoms with Crippen molar-refractivity contribution in [1.29, 1.82) is 0 Å². The summed E-state index contributed by atoms with van der Waals surface area (Å²) in [5.41, 5.74) is 1.27. The number of nitrogens with one attached hydrogen (secondary N) is 2. The second-order valence-corrected chi connectivity index (χ2v) is 6.49. The number of benzene rings is 1. The Morgan fingerprint density at radius 1 is 1.28 bits per heavy atom. The molecule has 0 radical (unpaired) electrons. The molecule has 1 aromatic rings. The van der Waals surface area contributed by atoms with Gasteiger partial charge in [0.1, 0.15) is 5.75 Å². The zero-order valence-electron chi connectivity index (χ0n) is 15.9. The minimum atomic E-state index is 0.207. The molecule has 0 aliphatic carbocycles.